The number of halogens is 2. The maximum Gasteiger partial charge on any atom is 0.227 e. The normalized spacial score (nSPS) is 23.3. The Morgan fingerprint density at radius 3 is 2.36 bits per heavy atom. The van der Waals surface area contributed by atoms with E-state index in [4.69, 9.17) is 21.4 Å². The smallest absolute Gasteiger partial charge is 0.227 e. The van der Waals surface area contributed by atoms with Crippen LogP contribution in [0.2, 0.25) is 5.02 Å². The fourth-order valence-electron chi connectivity index (χ4n) is 6.56. The number of aliphatic hydroxyl groups excluding tert-OH is 5. The molecule has 12 nitrogen and oxygen atoms in total. The van der Waals surface area contributed by atoms with E-state index < -0.39 is 36.8 Å². The number of benzene rings is 1. The molecule has 0 spiro atoms. The first-order chi connectivity index (χ1) is 21.6. The number of rotatable bonds is 14. The van der Waals surface area contributed by atoms with Gasteiger partial charge < -0.3 is 40.1 Å². The van der Waals surface area contributed by atoms with Crippen molar-refractivity contribution < 1.29 is 39.5 Å². The van der Waals surface area contributed by atoms with Gasteiger partial charge in [-0.1, -0.05) is 17.7 Å². The number of aromatic nitrogens is 2. The summed E-state index contributed by atoms with van der Waals surface area (Å²) < 4.78 is 20.7. The number of carbonyl (C=O) groups excluding carboxylic acids is 1. The minimum absolute atomic E-state index is 0.0277. The number of hydrogen-bond acceptors (Lipinski definition) is 11. The Balaban J connectivity index is 1.00. The molecule has 1 aromatic heterocycles. The van der Waals surface area contributed by atoms with Gasteiger partial charge in [-0.15, -0.1) is 0 Å². The van der Waals surface area contributed by atoms with Gasteiger partial charge in [-0.05, 0) is 49.7 Å². The summed E-state index contributed by atoms with van der Waals surface area (Å²) >= 11 is 5.88. The van der Waals surface area contributed by atoms with Gasteiger partial charge in [0.25, 0.3) is 0 Å². The van der Waals surface area contributed by atoms with Crippen LogP contribution in [0.25, 0.3) is 0 Å². The van der Waals surface area contributed by atoms with Gasteiger partial charge in [0.05, 0.1) is 43.2 Å². The SMILES string of the molecule is O=C(Cc1ccc(OCCCC2CCN(c3ncc(Cl)cn3)CC2)cc1F)N1CC2CC(C1)N2C[C@H](O)[C@@H](O)[C@H](O)[C@H](O)CO. The van der Waals surface area contributed by atoms with E-state index in [-0.39, 0.29) is 31.0 Å². The van der Waals surface area contributed by atoms with Gasteiger partial charge in [-0.25, -0.2) is 14.4 Å². The zero-order chi connectivity index (χ0) is 32.1. The second-order valence-corrected chi connectivity index (χ2v) is 12.8. The molecule has 2 bridgehead atoms. The van der Waals surface area contributed by atoms with Crippen molar-refractivity contribution in [2.75, 3.05) is 50.8 Å². The van der Waals surface area contributed by atoms with Gasteiger partial charge in [0.1, 0.15) is 29.9 Å². The maximum absolute atomic E-state index is 14.9. The number of carbonyl (C=O) groups is 1. The van der Waals surface area contributed by atoms with E-state index in [9.17, 15) is 29.6 Å². The first kappa shape index (κ1) is 33.7. The largest absolute Gasteiger partial charge is 0.493 e. The second kappa shape index (κ2) is 15.3. The first-order valence-corrected chi connectivity index (χ1v) is 16.0. The van der Waals surface area contributed by atoms with Crippen LogP contribution in [-0.4, -0.2) is 134 Å². The van der Waals surface area contributed by atoms with Crippen LogP contribution in [0.1, 0.15) is 37.7 Å². The molecule has 0 radical (unpaired) electrons. The Morgan fingerprint density at radius 1 is 1.04 bits per heavy atom. The molecule has 4 fully saturated rings. The van der Waals surface area contributed by atoms with E-state index in [1.54, 1.807) is 29.4 Å². The minimum atomic E-state index is -1.68. The Morgan fingerprint density at radius 2 is 1.71 bits per heavy atom. The first-order valence-electron chi connectivity index (χ1n) is 15.6. The highest BCUT2D eigenvalue weighted by atomic mass is 35.5. The highest BCUT2D eigenvalue weighted by Crippen LogP contribution is 2.33. The molecule has 1 aromatic carbocycles. The molecular formula is C31H43ClFN5O7. The van der Waals surface area contributed by atoms with Crippen LogP contribution in [0.5, 0.6) is 5.75 Å². The van der Waals surface area contributed by atoms with Crippen molar-refractivity contribution in [2.45, 2.75) is 75.0 Å². The van der Waals surface area contributed by atoms with Gasteiger partial charge in [-0.3, -0.25) is 9.69 Å². The molecule has 0 saturated carbocycles. The fraction of sp³-hybridized carbons (Fsp3) is 0.645. The average Bonchev–Trinajstić information content (AvgIpc) is 3.06. The molecule has 5 N–H and O–H groups in total. The molecule has 248 valence electrons. The summed E-state index contributed by atoms with van der Waals surface area (Å²) in [5, 5.41) is 49.3. The number of amides is 1. The Kier molecular flexibility index (Phi) is 11.5. The standard InChI is InChI=1S/C31H43ClFN5O7/c32-21-13-34-31(35-14-21)36-7-5-19(6-8-36)2-1-9-45-24-4-3-20(25(33)12-24)10-28(42)37-15-22-11-23(16-37)38(22)17-26(40)29(43)30(44)27(41)18-39/h3-4,12-14,19,22-23,26-27,29-30,39-41,43-44H,1-2,5-11,15-18H2/t22?,23?,26-,27+,29+,30+/m0/s1. The van der Waals surface area contributed by atoms with Crippen LogP contribution in [0, 0.1) is 11.7 Å². The number of fused-ring (bicyclic) bond motifs is 2. The molecule has 4 aliphatic rings. The highest BCUT2D eigenvalue weighted by Gasteiger charge is 2.47. The molecule has 2 aromatic rings. The molecular weight excluding hydrogens is 609 g/mol. The third-order valence-corrected chi connectivity index (χ3v) is 9.51. The number of piperazine rings is 1. The van der Waals surface area contributed by atoms with E-state index in [1.165, 1.54) is 6.07 Å². The molecule has 1 amide bonds. The molecule has 0 aliphatic carbocycles. The summed E-state index contributed by atoms with van der Waals surface area (Å²) in [4.78, 5) is 27.4. The van der Waals surface area contributed by atoms with Crippen LogP contribution < -0.4 is 9.64 Å². The van der Waals surface area contributed by atoms with Gasteiger partial charge >= 0.3 is 0 Å². The van der Waals surface area contributed by atoms with Gasteiger partial charge in [0.15, 0.2) is 0 Å². The topological polar surface area (TPSA) is 163 Å². The predicted molar refractivity (Wildman–Crippen MR) is 163 cm³/mol. The number of aliphatic hydroxyl groups is 5. The zero-order valence-corrected chi connectivity index (χ0v) is 25.9. The highest BCUT2D eigenvalue weighted by molar-refractivity contribution is 6.30. The van der Waals surface area contributed by atoms with E-state index in [1.807, 2.05) is 4.90 Å². The summed E-state index contributed by atoms with van der Waals surface area (Å²) in [7, 11) is 0. The van der Waals surface area contributed by atoms with Crippen molar-refractivity contribution in [1.82, 2.24) is 19.8 Å². The minimum Gasteiger partial charge on any atom is -0.493 e. The van der Waals surface area contributed by atoms with Crippen molar-refractivity contribution in [2.24, 2.45) is 5.92 Å². The summed E-state index contributed by atoms with van der Waals surface area (Å²) in [6.45, 7) is 2.42. The third-order valence-electron chi connectivity index (χ3n) is 9.32. The Hall–Kier alpha value is -2.65. The quantitative estimate of drug-likeness (QED) is 0.182. The van der Waals surface area contributed by atoms with Crippen molar-refractivity contribution in [3.8, 4) is 5.75 Å². The molecule has 6 atom stereocenters. The molecule has 5 heterocycles. The molecule has 4 aliphatic heterocycles. The summed E-state index contributed by atoms with van der Waals surface area (Å²) in [6, 6.07) is 4.57. The lowest BCUT2D eigenvalue weighted by atomic mass is 9.86. The van der Waals surface area contributed by atoms with Crippen molar-refractivity contribution in [1.29, 1.82) is 0 Å². The van der Waals surface area contributed by atoms with E-state index in [0.29, 0.717) is 47.9 Å². The molecule has 14 heteroatoms. The van der Waals surface area contributed by atoms with Crippen LogP contribution in [-0.2, 0) is 11.2 Å². The number of anilines is 1. The third kappa shape index (κ3) is 8.39. The van der Waals surface area contributed by atoms with E-state index in [2.05, 4.69) is 14.9 Å². The maximum atomic E-state index is 14.9. The number of nitrogens with zero attached hydrogens (tertiary/aromatic N) is 5. The lowest BCUT2D eigenvalue weighted by Crippen LogP contribution is -2.71. The summed E-state index contributed by atoms with van der Waals surface area (Å²) in [5.41, 5.74) is 0.301. The van der Waals surface area contributed by atoms with E-state index >= 15 is 0 Å². The predicted octanol–water partition coefficient (Wildman–Crippen LogP) is 0.608. The van der Waals surface area contributed by atoms with Crippen LogP contribution in [0.3, 0.4) is 0 Å². The number of ether oxygens (including phenoxy) is 1. The molecule has 6 rings (SSSR count). The van der Waals surface area contributed by atoms with Crippen LogP contribution >= 0.6 is 11.6 Å². The van der Waals surface area contributed by atoms with Gasteiger partial charge in [0.2, 0.25) is 11.9 Å². The molecule has 4 saturated heterocycles. The van der Waals surface area contributed by atoms with Gasteiger partial charge in [-0.2, -0.15) is 0 Å². The lowest BCUT2D eigenvalue weighted by molar-refractivity contribution is -0.154. The Bertz CT molecular complexity index is 1260. The number of hydrogen-bond donors (Lipinski definition) is 5. The van der Waals surface area contributed by atoms with Crippen molar-refractivity contribution >= 4 is 23.5 Å². The monoisotopic (exact) mass is 651 g/mol. The van der Waals surface area contributed by atoms with Crippen molar-refractivity contribution in [3.63, 3.8) is 0 Å². The summed E-state index contributed by atoms with van der Waals surface area (Å²) in [6.07, 6.45) is 1.76. The van der Waals surface area contributed by atoms with Crippen LogP contribution in [0.15, 0.2) is 30.6 Å². The summed E-state index contributed by atoms with van der Waals surface area (Å²) in [5.74, 6) is 1.06. The molecule has 2 unspecified atom stereocenters. The second-order valence-electron chi connectivity index (χ2n) is 12.4. The fourth-order valence-corrected chi connectivity index (χ4v) is 6.66. The Labute approximate surface area is 267 Å². The zero-order valence-electron chi connectivity index (χ0n) is 25.2. The number of piperidine rings is 2. The van der Waals surface area contributed by atoms with E-state index in [0.717, 1.165) is 45.2 Å². The lowest BCUT2D eigenvalue weighted by Gasteiger charge is -2.57. The molecule has 45 heavy (non-hydrogen) atoms. The van der Waals surface area contributed by atoms with Crippen molar-refractivity contribution in [3.05, 3.63) is 47.0 Å². The average molecular weight is 652 g/mol. The van der Waals surface area contributed by atoms with Gasteiger partial charge in [0, 0.05) is 50.9 Å². The van der Waals surface area contributed by atoms with Crippen LogP contribution in [0.4, 0.5) is 10.3 Å².